The summed E-state index contributed by atoms with van der Waals surface area (Å²) in [5.74, 6) is 0.126. The number of piperidine rings is 1. The molecule has 1 unspecified atom stereocenters. The minimum atomic E-state index is -0.0794. The van der Waals surface area contributed by atoms with Crippen molar-refractivity contribution in [2.75, 3.05) is 39.8 Å². The summed E-state index contributed by atoms with van der Waals surface area (Å²) < 4.78 is 0. The van der Waals surface area contributed by atoms with Crippen molar-refractivity contribution in [2.45, 2.75) is 38.1 Å². The van der Waals surface area contributed by atoms with E-state index in [1.165, 1.54) is 0 Å². The summed E-state index contributed by atoms with van der Waals surface area (Å²) in [7, 11) is 1.75. The van der Waals surface area contributed by atoms with Crippen molar-refractivity contribution in [2.24, 2.45) is 5.41 Å². The molecule has 0 radical (unpaired) electrons. The van der Waals surface area contributed by atoms with Crippen molar-refractivity contribution < 1.29 is 14.4 Å². The molecule has 2 aliphatic heterocycles. The van der Waals surface area contributed by atoms with Crippen LogP contribution in [0, 0.1) is 5.41 Å². The van der Waals surface area contributed by atoms with Crippen molar-refractivity contribution in [3.63, 3.8) is 0 Å². The highest BCUT2D eigenvalue weighted by Gasteiger charge is 2.55. The zero-order valence-corrected chi connectivity index (χ0v) is 17.0. The first kappa shape index (κ1) is 19.7. The Kier molecular flexibility index (Phi) is 5.43. The van der Waals surface area contributed by atoms with Crippen molar-refractivity contribution in [1.82, 2.24) is 25.0 Å². The molecule has 1 atom stereocenters. The molecule has 1 N–H and O–H groups in total. The van der Waals surface area contributed by atoms with Gasteiger partial charge >= 0.3 is 6.03 Å². The number of urea groups is 1. The Bertz CT molecular complexity index is 776. The molecule has 1 aromatic rings. The fourth-order valence-electron chi connectivity index (χ4n) is 4.53. The second kappa shape index (κ2) is 8.00. The number of likely N-dealkylation sites (tertiary alicyclic amines) is 1. The number of amides is 4. The molecule has 1 saturated carbocycles. The number of nitrogens with one attached hydrogen (secondary N) is 1. The van der Waals surface area contributed by atoms with Gasteiger partial charge in [0.2, 0.25) is 11.8 Å². The lowest BCUT2D eigenvalue weighted by Crippen LogP contribution is -2.44. The molecule has 156 valence electrons. The number of carbonyl (C=O) groups excluding carboxylic acids is 3. The van der Waals surface area contributed by atoms with Crippen LogP contribution in [0.15, 0.2) is 24.5 Å². The molecule has 3 heterocycles. The molecule has 29 heavy (non-hydrogen) atoms. The summed E-state index contributed by atoms with van der Waals surface area (Å²) in [4.78, 5) is 45.9. The van der Waals surface area contributed by atoms with E-state index >= 15 is 0 Å². The van der Waals surface area contributed by atoms with Gasteiger partial charge in [-0.05, 0) is 48.8 Å². The van der Waals surface area contributed by atoms with E-state index in [0.717, 1.165) is 44.3 Å². The van der Waals surface area contributed by atoms with Gasteiger partial charge in [0.1, 0.15) is 6.54 Å². The second-order valence-electron chi connectivity index (χ2n) is 8.55. The summed E-state index contributed by atoms with van der Waals surface area (Å²) in [6.07, 6.45) is 7.62. The zero-order chi connectivity index (χ0) is 20.4. The van der Waals surface area contributed by atoms with E-state index in [1.54, 1.807) is 29.2 Å². The van der Waals surface area contributed by atoms with Crippen LogP contribution >= 0.6 is 0 Å². The molecule has 0 bridgehead atoms. The topological polar surface area (TPSA) is 85.8 Å². The molecule has 4 amide bonds. The van der Waals surface area contributed by atoms with Gasteiger partial charge < -0.3 is 20.0 Å². The Morgan fingerprint density at radius 2 is 1.90 bits per heavy atom. The monoisotopic (exact) mass is 399 g/mol. The van der Waals surface area contributed by atoms with Gasteiger partial charge in [0.05, 0.1) is 0 Å². The smallest absolute Gasteiger partial charge is 0.320 e. The van der Waals surface area contributed by atoms with E-state index in [9.17, 15) is 14.4 Å². The summed E-state index contributed by atoms with van der Waals surface area (Å²) in [6.45, 7) is 2.93. The fraction of sp³-hybridized carbons (Fsp3) is 0.619. The Morgan fingerprint density at radius 3 is 2.55 bits per heavy atom. The zero-order valence-electron chi connectivity index (χ0n) is 17.0. The maximum atomic E-state index is 12.5. The molecule has 0 aromatic carbocycles. The maximum absolute atomic E-state index is 12.5. The van der Waals surface area contributed by atoms with E-state index in [4.69, 9.17) is 0 Å². The van der Waals surface area contributed by atoms with Crippen LogP contribution in [0.5, 0.6) is 0 Å². The summed E-state index contributed by atoms with van der Waals surface area (Å²) >= 11 is 0. The van der Waals surface area contributed by atoms with Crippen molar-refractivity contribution >= 4 is 17.8 Å². The third kappa shape index (κ3) is 4.36. The largest absolute Gasteiger partial charge is 0.351 e. The van der Waals surface area contributed by atoms with Crippen LogP contribution in [0.3, 0.4) is 0 Å². The second-order valence-corrected chi connectivity index (χ2v) is 8.55. The van der Waals surface area contributed by atoms with E-state index in [0.29, 0.717) is 19.5 Å². The highest BCUT2D eigenvalue weighted by molar-refractivity contribution is 5.85. The molecule has 3 aliphatic rings. The van der Waals surface area contributed by atoms with Gasteiger partial charge in [0.15, 0.2) is 0 Å². The Labute approximate surface area is 171 Å². The van der Waals surface area contributed by atoms with Gasteiger partial charge in [0, 0.05) is 58.1 Å². The first-order valence-corrected chi connectivity index (χ1v) is 10.4. The number of aromatic nitrogens is 1. The average molecular weight is 399 g/mol. The average Bonchev–Trinajstić information content (AvgIpc) is 3.29. The Balaban J connectivity index is 1.18. The van der Waals surface area contributed by atoms with Gasteiger partial charge in [-0.15, -0.1) is 0 Å². The maximum Gasteiger partial charge on any atom is 0.320 e. The van der Waals surface area contributed by atoms with Crippen LogP contribution in [0.25, 0.3) is 0 Å². The lowest BCUT2D eigenvalue weighted by atomic mass is 9.92. The van der Waals surface area contributed by atoms with E-state index in [-0.39, 0.29) is 35.8 Å². The van der Waals surface area contributed by atoms with Gasteiger partial charge in [-0.2, -0.15) is 0 Å². The predicted molar refractivity (Wildman–Crippen MR) is 107 cm³/mol. The van der Waals surface area contributed by atoms with Crippen LogP contribution < -0.4 is 5.32 Å². The van der Waals surface area contributed by atoms with Crippen LogP contribution in [0.4, 0.5) is 4.79 Å². The van der Waals surface area contributed by atoms with E-state index < -0.39 is 0 Å². The molecule has 2 saturated heterocycles. The number of hydrogen-bond donors (Lipinski definition) is 1. The Hall–Kier alpha value is -2.64. The molecule has 1 spiro atoms. The SMILES string of the molecule is CN1CCN(CC(=O)NC2CC23CCN(C(=O)CCc2ccncc2)CC3)C1=O. The number of hydrogen-bond acceptors (Lipinski definition) is 4. The van der Waals surface area contributed by atoms with Gasteiger partial charge in [0.25, 0.3) is 0 Å². The quantitative estimate of drug-likeness (QED) is 0.769. The fourth-order valence-corrected chi connectivity index (χ4v) is 4.53. The molecule has 3 fully saturated rings. The Morgan fingerprint density at radius 1 is 1.17 bits per heavy atom. The molecular formula is C21H29N5O3. The number of nitrogens with zero attached hydrogens (tertiary/aromatic N) is 4. The predicted octanol–water partition coefficient (Wildman–Crippen LogP) is 0.879. The number of likely N-dealkylation sites (N-methyl/N-ethyl adjacent to an activating group) is 1. The highest BCUT2D eigenvalue weighted by Crippen LogP contribution is 2.53. The molecule has 1 aliphatic carbocycles. The molecule has 1 aromatic heterocycles. The molecule has 8 heteroatoms. The van der Waals surface area contributed by atoms with Crippen LogP contribution in [-0.4, -0.2) is 83.3 Å². The van der Waals surface area contributed by atoms with Crippen LogP contribution in [0.2, 0.25) is 0 Å². The standard InChI is InChI=1S/C21H29N5O3/c1-24-12-13-26(20(24)29)15-18(27)23-17-14-21(17)6-10-25(11-7-21)19(28)3-2-16-4-8-22-9-5-16/h4-5,8-9,17H,2-3,6-7,10-15H2,1H3,(H,23,27). The normalized spacial score (nSPS) is 22.9. The number of rotatable bonds is 6. The number of carbonyl (C=O) groups is 3. The lowest BCUT2D eigenvalue weighted by molar-refractivity contribution is -0.133. The van der Waals surface area contributed by atoms with Crippen LogP contribution in [0.1, 0.15) is 31.2 Å². The molecular weight excluding hydrogens is 370 g/mol. The minimum Gasteiger partial charge on any atom is -0.351 e. The summed E-state index contributed by atoms with van der Waals surface area (Å²) in [5.41, 5.74) is 1.28. The van der Waals surface area contributed by atoms with Gasteiger partial charge in [-0.25, -0.2) is 4.79 Å². The molecule has 8 nitrogen and oxygen atoms in total. The van der Waals surface area contributed by atoms with Crippen LogP contribution in [-0.2, 0) is 16.0 Å². The van der Waals surface area contributed by atoms with Crippen molar-refractivity contribution in [3.05, 3.63) is 30.1 Å². The van der Waals surface area contributed by atoms with Gasteiger partial charge in [-0.1, -0.05) is 0 Å². The summed E-state index contributed by atoms with van der Waals surface area (Å²) in [5, 5.41) is 3.11. The van der Waals surface area contributed by atoms with E-state index in [2.05, 4.69) is 10.3 Å². The summed E-state index contributed by atoms with van der Waals surface area (Å²) in [6, 6.07) is 4.00. The van der Waals surface area contributed by atoms with E-state index in [1.807, 2.05) is 17.0 Å². The van der Waals surface area contributed by atoms with Gasteiger partial charge in [-0.3, -0.25) is 14.6 Å². The minimum absolute atomic E-state index is 0.0774. The number of pyridine rings is 1. The third-order valence-electron chi connectivity index (χ3n) is 6.65. The highest BCUT2D eigenvalue weighted by atomic mass is 16.2. The first-order valence-electron chi connectivity index (χ1n) is 10.4. The lowest BCUT2D eigenvalue weighted by Gasteiger charge is -2.33. The number of aryl methyl sites for hydroxylation is 1. The molecule has 4 rings (SSSR count). The third-order valence-corrected chi connectivity index (χ3v) is 6.65. The van der Waals surface area contributed by atoms with Crippen molar-refractivity contribution in [3.8, 4) is 0 Å². The first-order chi connectivity index (χ1) is 14.0. The van der Waals surface area contributed by atoms with Crippen molar-refractivity contribution in [1.29, 1.82) is 0 Å².